The molecule has 1 amide bonds. The van der Waals surface area contributed by atoms with Gasteiger partial charge in [-0.25, -0.2) is 8.42 Å². The Labute approximate surface area is 157 Å². The van der Waals surface area contributed by atoms with Crippen molar-refractivity contribution in [2.24, 2.45) is 0 Å². The first-order valence-corrected chi connectivity index (χ1v) is 9.90. The molecule has 1 N–H and O–H groups in total. The number of nitrogens with zero attached hydrogens (tertiary/aromatic N) is 1. The summed E-state index contributed by atoms with van der Waals surface area (Å²) in [4.78, 5) is 12.1. The number of nitrogens with one attached hydrogen (secondary N) is 1. The van der Waals surface area contributed by atoms with E-state index in [1.54, 1.807) is 0 Å². The third kappa shape index (κ3) is 4.76. The van der Waals surface area contributed by atoms with Crippen LogP contribution >= 0.6 is 22.9 Å². The molecule has 0 atom stereocenters. The summed E-state index contributed by atoms with van der Waals surface area (Å²) >= 11 is 6.57. The van der Waals surface area contributed by atoms with E-state index in [1.807, 2.05) is 0 Å². The smallest absolute Gasteiger partial charge is 0.324 e. The van der Waals surface area contributed by atoms with Gasteiger partial charge in [-0.2, -0.15) is 17.5 Å². The molecule has 1 heterocycles. The van der Waals surface area contributed by atoms with Gasteiger partial charge >= 0.3 is 6.18 Å². The van der Waals surface area contributed by atoms with Gasteiger partial charge in [0.25, 0.3) is 10.0 Å². The molecule has 1 aromatic carbocycles. The molecule has 0 aliphatic carbocycles. The Balaban J connectivity index is 2.19. The molecule has 0 bridgehead atoms. The van der Waals surface area contributed by atoms with Crippen molar-refractivity contribution in [2.45, 2.75) is 17.3 Å². The number of benzene rings is 1. The SMILES string of the molecule is CCN(CC(=O)Nc1ccccc1C(F)(F)F)S(=O)(=O)c1ccc(Cl)s1. The van der Waals surface area contributed by atoms with E-state index in [1.165, 1.54) is 31.2 Å². The number of anilines is 1. The lowest BCUT2D eigenvalue weighted by molar-refractivity contribution is -0.137. The summed E-state index contributed by atoms with van der Waals surface area (Å²) in [5.74, 6) is -0.880. The van der Waals surface area contributed by atoms with Crippen LogP contribution in [0.15, 0.2) is 40.6 Å². The minimum absolute atomic E-state index is 0.0355. The molecule has 0 unspecified atom stereocenters. The molecule has 2 rings (SSSR count). The van der Waals surface area contributed by atoms with Crippen LogP contribution in [-0.4, -0.2) is 31.7 Å². The number of alkyl halides is 3. The Kier molecular flexibility index (Phi) is 6.33. The average Bonchev–Trinajstić information content (AvgIpc) is 2.99. The van der Waals surface area contributed by atoms with Crippen LogP contribution in [-0.2, 0) is 21.0 Å². The lowest BCUT2D eigenvalue weighted by Gasteiger charge is -2.20. The molecule has 0 aliphatic rings. The van der Waals surface area contributed by atoms with Crippen molar-refractivity contribution in [3.63, 3.8) is 0 Å². The van der Waals surface area contributed by atoms with E-state index in [-0.39, 0.29) is 15.1 Å². The van der Waals surface area contributed by atoms with E-state index in [4.69, 9.17) is 11.6 Å². The number of amides is 1. The van der Waals surface area contributed by atoms with Gasteiger partial charge in [-0.1, -0.05) is 30.7 Å². The van der Waals surface area contributed by atoms with Crippen molar-refractivity contribution in [3.8, 4) is 0 Å². The van der Waals surface area contributed by atoms with Gasteiger partial charge in [-0.3, -0.25) is 4.79 Å². The Bertz CT molecular complexity index is 898. The fourth-order valence-corrected chi connectivity index (χ4v) is 5.16. The van der Waals surface area contributed by atoms with Crippen LogP contribution in [0, 0.1) is 0 Å². The minimum atomic E-state index is -4.64. The molecular weight excluding hydrogens is 413 g/mol. The first kappa shape index (κ1) is 20.7. The third-order valence-corrected chi connectivity index (χ3v) is 6.94. The summed E-state index contributed by atoms with van der Waals surface area (Å²) in [6.45, 7) is 0.858. The standard InChI is InChI=1S/C15H14ClF3N2O3S2/c1-2-21(26(23,24)14-8-7-12(16)25-14)9-13(22)20-11-6-4-3-5-10(11)15(17,18)19/h3-8H,2,9H2,1H3,(H,20,22). The lowest BCUT2D eigenvalue weighted by Crippen LogP contribution is -2.37. The number of carbonyl (C=O) groups is 1. The maximum absolute atomic E-state index is 13.0. The maximum Gasteiger partial charge on any atom is 0.418 e. The number of carbonyl (C=O) groups excluding carboxylic acids is 1. The van der Waals surface area contributed by atoms with Crippen molar-refractivity contribution >= 4 is 44.6 Å². The van der Waals surface area contributed by atoms with Crippen LogP contribution in [0.1, 0.15) is 12.5 Å². The van der Waals surface area contributed by atoms with E-state index in [0.29, 0.717) is 0 Å². The van der Waals surface area contributed by atoms with E-state index < -0.39 is 39.9 Å². The molecule has 0 spiro atoms. The van der Waals surface area contributed by atoms with Gasteiger partial charge in [-0.15, -0.1) is 11.3 Å². The zero-order chi connectivity index (χ0) is 19.5. The number of hydrogen-bond donors (Lipinski definition) is 1. The summed E-state index contributed by atoms with van der Waals surface area (Å²) < 4.78 is 65.0. The Hall–Kier alpha value is -1.62. The lowest BCUT2D eigenvalue weighted by atomic mass is 10.1. The zero-order valence-corrected chi connectivity index (χ0v) is 15.8. The van der Waals surface area contributed by atoms with Gasteiger partial charge in [-0.05, 0) is 24.3 Å². The number of sulfonamides is 1. The van der Waals surface area contributed by atoms with E-state index >= 15 is 0 Å². The van der Waals surface area contributed by atoms with Crippen molar-refractivity contribution in [1.82, 2.24) is 4.31 Å². The number of likely N-dealkylation sites (N-methyl/N-ethyl adjacent to an activating group) is 1. The molecular formula is C15H14ClF3N2O3S2. The Morgan fingerprint density at radius 1 is 1.23 bits per heavy atom. The fourth-order valence-electron chi connectivity index (χ4n) is 2.12. The van der Waals surface area contributed by atoms with Crippen molar-refractivity contribution < 1.29 is 26.4 Å². The number of para-hydroxylation sites is 1. The molecule has 0 radical (unpaired) electrons. The molecule has 142 valence electrons. The summed E-state index contributed by atoms with van der Waals surface area (Å²) in [6, 6.07) is 7.19. The van der Waals surface area contributed by atoms with Crippen molar-refractivity contribution in [3.05, 3.63) is 46.3 Å². The molecule has 2 aromatic rings. The predicted octanol–water partition coefficient (Wildman–Crippen LogP) is 4.07. The number of rotatable bonds is 6. The van der Waals surface area contributed by atoms with E-state index in [2.05, 4.69) is 5.32 Å². The molecule has 1 aromatic heterocycles. The highest BCUT2D eigenvalue weighted by Crippen LogP contribution is 2.34. The number of halogens is 4. The first-order valence-electron chi connectivity index (χ1n) is 7.27. The van der Waals surface area contributed by atoms with E-state index in [9.17, 15) is 26.4 Å². The second-order valence-electron chi connectivity index (χ2n) is 5.08. The monoisotopic (exact) mass is 426 g/mol. The molecule has 0 saturated carbocycles. The van der Waals surface area contributed by atoms with Crippen LogP contribution in [0.2, 0.25) is 4.34 Å². The van der Waals surface area contributed by atoms with Gasteiger partial charge in [0.05, 0.1) is 22.1 Å². The topological polar surface area (TPSA) is 66.5 Å². The van der Waals surface area contributed by atoms with Gasteiger partial charge in [0.1, 0.15) is 4.21 Å². The molecule has 0 fully saturated rings. The maximum atomic E-state index is 13.0. The minimum Gasteiger partial charge on any atom is -0.324 e. The summed E-state index contributed by atoms with van der Waals surface area (Å²) in [6.07, 6.45) is -4.64. The highest BCUT2D eigenvalue weighted by atomic mass is 35.5. The van der Waals surface area contributed by atoms with Crippen LogP contribution < -0.4 is 5.32 Å². The van der Waals surface area contributed by atoms with Crippen molar-refractivity contribution in [1.29, 1.82) is 0 Å². The van der Waals surface area contributed by atoms with Crippen LogP contribution in [0.25, 0.3) is 0 Å². The summed E-state index contributed by atoms with van der Waals surface area (Å²) in [5, 5.41) is 2.12. The van der Waals surface area contributed by atoms with E-state index in [0.717, 1.165) is 27.8 Å². The van der Waals surface area contributed by atoms with Crippen LogP contribution in [0.3, 0.4) is 0 Å². The third-order valence-electron chi connectivity index (χ3n) is 3.32. The van der Waals surface area contributed by atoms with Crippen LogP contribution in [0.4, 0.5) is 18.9 Å². The van der Waals surface area contributed by atoms with Gasteiger partial charge in [0.2, 0.25) is 5.91 Å². The average molecular weight is 427 g/mol. The Morgan fingerprint density at radius 2 is 1.88 bits per heavy atom. The molecule has 26 heavy (non-hydrogen) atoms. The summed E-state index contributed by atoms with van der Waals surface area (Å²) in [5.41, 5.74) is -1.44. The molecule has 0 aliphatic heterocycles. The van der Waals surface area contributed by atoms with Gasteiger partial charge in [0, 0.05) is 6.54 Å². The quantitative estimate of drug-likeness (QED) is 0.757. The fraction of sp³-hybridized carbons (Fsp3) is 0.267. The highest BCUT2D eigenvalue weighted by molar-refractivity contribution is 7.91. The molecule has 0 saturated heterocycles. The zero-order valence-electron chi connectivity index (χ0n) is 13.4. The first-order chi connectivity index (χ1) is 12.1. The second-order valence-corrected chi connectivity index (χ2v) is 8.96. The highest BCUT2D eigenvalue weighted by Gasteiger charge is 2.34. The normalized spacial score (nSPS) is 12.4. The number of thiophene rings is 1. The largest absolute Gasteiger partial charge is 0.418 e. The predicted molar refractivity (Wildman–Crippen MR) is 93.8 cm³/mol. The second kappa shape index (κ2) is 7.95. The number of hydrogen-bond acceptors (Lipinski definition) is 4. The Morgan fingerprint density at radius 3 is 2.42 bits per heavy atom. The summed E-state index contributed by atoms with van der Waals surface area (Å²) in [7, 11) is -3.97. The van der Waals surface area contributed by atoms with Gasteiger partial charge < -0.3 is 5.32 Å². The molecule has 11 heteroatoms. The molecule has 5 nitrogen and oxygen atoms in total. The van der Waals surface area contributed by atoms with Gasteiger partial charge in [0.15, 0.2) is 0 Å². The van der Waals surface area contributed by atoms with Crippen molar-refractivity contribution in [2.75, 3.05) is 18.4 Å². The van der Waals surface area contributed by atoms with Crippen LogP contribution in [0.5, 0.6) is 0 Å².